The predicted octanol–water partition coefficient (Wildman–Crippen LogP) is 1.43. The first-order valence-corrected chi connectivity index (χ1v) is 7.29. The smallest absolute Gasteiger partial charge is 0.0475 e. The van der Waals surface area contributed by atoms with Crippen molar-refractivity contribution in [1.29, 1.82) is 0 Å². The fourth-order valence-electron chi connectivity index (χ4n) is 4.12. The lowest BCUT2D eigenvalue weighted by molar-refractivity contribution is 0.0399. The Morgan fingerprint density at radius 1 is 1.18 bits per heavy atom. The average molecular weight is 237 g/mol. The summed E-state index contributed by atoms with van der Waals surface area (Å²) in [5.74, 6) is 0. The van der Waals surface area contributed by atoms with Crippen LogP contribution in [-0.4, -0.2) is 53.1 Å². The second kappa shape index (κ2) is 3.94. The van der Waals surface area contributed by atoms with E-state index in [1.165, 1.54) is 51.7 Å². The van der Waals surface area contributed by atoms with Gasteiger partial charge in [0, 0.05) is 36.8 Å². The van der Waals surface area contributed by atoms with Gasteiger partial charge in [0.2, 0.25) is 0 Å². The highest BCUT2D eigenvalue weighted by molar-refractivity contribution is 5.08. The molecule has 0 aromatic rings. The Morgan fingerprint density at radius 2 is 1.94 bits per heavy atom. The van der Waals surface area contributed by atoms with Crippen LogP contribution in [0.15, 0.2) is 0 Å². The largest absolute Gasteiger partial charge is 0.329 e. The van der Waals surface area contributed by atoms with Crippen LogP contribution in [0.25, 0.3) is 0 Å². The molecule has 17 heavy (non-hydrogen) atoms. The Kier molecular flexibility index (Phi) is 2.77. The van der Waals surface area contributed by atoms with E-state index in [0.29, 0.717) is 5.54 Å². The summed E-state index contributed by atoms with van der Waals surface area (Å²) in [6.07, 6.45) is 6.80. The van der Waals surface area contributed by atoms with Crippen molar-refractivity contribution in [2.24, 2.45) is 5.73 Å². The first-order chi connectivity index (χ1) is 8.07. The zero-order chi connectivity index (χ0) is 12.1. The summed E-state index contributed by atoms with van der Waals surface area (Å²) in [5, 5.41) is 0. The molecular weight excluding hydrogens is 210 g/mol. The van der Waals surface area contributed by atoms with Gasteiger partial charge in [0.1, 0.15) is 0 Å². The Labute approximate surface area is 105 Å². The van der Waals surface area contributed by atoms with Gasteiger partial charge >= 0.3 is 0 Å². The Balaban J connectivity index is 1.78. The maximum atomic E-state index is 6.18. The number of nitrogens with zero attached hydrogens (tertiary/aromatic N) is 2. The molecule has 0 aromatic heterocycles. The normalized spacial score (nSPS) is 39.0. The molecule has 3 fully saturated rings. The molecule has 1 saturated carbocycles. The maximum absolute atomic E-state index is 6.18. The van der Waals surface area contributed by atoms with Crippen molar-refractivity contribution in [3.05, 3.63) is 0 Å². The van der Waals surface area contributed by atoms with E-state index in [1.807, 2.05) is 0 Å². The van der Waals surface area contributed by atoms with Gasteiger partial charge in [-0.2, -0.15) is 0 Å². The average Bonchev–Trinajstić information content (AvgIpc) is 2.95. The van der Waals surface area contributed by atoms with Gasteiger partial charge in [-0.05, 0) is 52.5 Å². The predicted molar refractivity (Wildman–Crippen MR) is 71.0 cm³/mol. The van der Waals surface area contributed by atoms with E-state index in [9.17, 15) is 0 Å². The Bertz CT molecular complexity index is 298. The van der Waals surface area contributed by atoms with Crippen LogP contribution >= 0.6 is 0 Å². The number of hydrogen-bond acceptors (Lipinski definition) is 3. The van der Waals surface area contributed by atoms with Crippen molar-refractivity contribution in [1.82, 2.24) is 9.80 Å². The van der Waals surface area contributed by atoms with Crippen LogP contribution in [-0.2, 0) is 0 Å². The van der Waals surface area contributed by atoms with Gasteiger partial charge in [-0.3, -0.25) is 9.80 Å². The number of nitrogens with two attached hydrogens (primary N) is 1. The number of hydrogen-bond donors (Lipinski definition) is 1. The first-order valence-electron chi connectivity index (χ1n) is 7.29. The molecule has 3 aliphatic rings. The molecule has 3 nitrogen and oxygen atoms in total. The van der Waals surface area contributed by atoms with E-state index < -0.39 is 0 Å². The molecule has 2 saturated heterocycles. The second-order valence-electron chi connectivity index (χ2n) is 6.95. The monoisotopic (exact) mass is 237 g/mol. The summed E-state index contributed by atoms with van der Waals surface area (Å²) in [4.78, 5) is 5.43. The van der Waals surface area contributed by atoms with Crippen molar-refractivity contribution < 1.29 is 0 Å². The molecule has 0 aromatic carbocycles. The van der Waals surface area contributed by atoms with E-state index in [2.05, 4.69) is 23.6 Å². The second-order valence-corrected chi connectivity index (χ2v) is 6.95. The van der Waals surface area contributed by atoms with Crippen LogP contribution in [0.3, 0.4) is 0 Å². The standard InChI is InChI=1S/C14H27N3/c1-13(2)6-3-8-17(13)14(10-15)7-9-16(11-14)12-4-5-12/h12H,3-11,15H2,1-2H3. The van der Waals surface area contributed by atoms with E-state index in [4.69, 9.17) is 5.73 Å². The number of likely N-dealkylation sites (tertiary alicyclic amines) is 2. The summed E-state index contributed by atoms with van der Waals surface area (Å²) in [6, 6.07) is 0.897. The van der Waals surface area contributed by atoms with Crippen molar-refractivity contribution in [3.8, 4) is 0 Å². The summed E-state index contributed by atoms with van der Waals surface area (Å²) in [7, 11) is 0. The van der Waals surface area contributed by atoms with Crippen molar-refractivity contribution >= 4 is 0 Å². The molecule has 3 rings (SSSR count). The molecular formula is C14H27N3. The van der Waals surface area contributed by atoms with Crippen LogP contribution in [0.5, 0.6) is 0 Å². The molecule has 2 heterocycles. The van der Waals surface area contributed by atoms with Gasteiger partial charge in [-0.15, -0.1) is 0 Å². The molecule has 2 aliphatic heterocycles. The van der Waals surface area contributed by atoms with Crippen molar-refractivity contribution in [3.63, 3.8) is 0 Å². The van der Waals surface area contributed by atoms with Gasteiger partial charge in [-0.25, -0.2) is 0 Å². The molecule has 0 radical (unpaired) electrons. The highest BCUT2D eigenvalue weighted by atomic mass is 15.4. The van der Waals surface area contributed by atoms with Gasteiger partial charge in [0.15, 0.2) is 0 Å². The van der Waals surface area contributed by atoms with Crippen LogP contribution in [0.1, 0.15) is 46.0 Å². The molecule has 1 aliphatic carbocycles. The lowest BCUT2D eigenvalue weighted by Gasteiger charge is -2.46. The van der Waals surface area contributed by atoms with Crippen LogP contribution in [0.4, 0.5) is 0 Å². The minimum absolute atomic E-state index is 0.280. The highest BCUT2D eigenvalue weighted by Gasteiger charge is 2.51. The van der Waals surface area contributed by atoms with Crippen LogP contribution in [0.2, 0.25) is 0 Å². The van der Waals surface area contributed by atoms with Crippen molar-refractivity contribution in [2.45, 2.75) is 63.1 Å². The zero-order valence-corrected chi connectivity index (χ0v) is 11.4. The first kappa shape index (κ1) is 11.9. The third-order valence-corrected chi connectivity index (χ3v) is 5.28. The van der Waals surface area contributed by atoms with Gasteiger partial charge in [0.25, 0.3) is 0 Å². The Morgan fingerprint density at radius 3 is 2.47 bits per heavy atom. The summed E-state index contributed by atoms with van der Waals surface area (Å²) >= 11 is 0. The fraction of sp³-hybridized carbons (Fsp3) is 1.00. The van der Waals surface area contributed by atoms with Gasteiger partial charge < -0.3 is 5.73 Å². The lowest BCUT2D eigenvalue weighted by atomic mass is 9.90. The number of rotatable bonds is 3. The minimum atomic E-state index is 0.280. The van der Waals surface area contributed by atoms with Crippen LogP contribution in [0, 0.1) is 0 Å². The molecule has 0 bridgehead atoms. The van der Waals surface area contributed by atoms with Crippen LogP contribution < -0.4 is 5.73 Å². The summed E-state index contributed by atoms with van der Waals surface area (Å²) in [5.41, 5.74) is 6.82. The third kappa shape index (κ3) is 1.92. The quantitative estimate of drug-likeness (QED) is 0.806. The summed E-state index contributed by atoms with van der Waals surface area (Å²) < 4.78 is 0. The SMILES string of the molecule is CC1(C)CCCN1C1(CN)CCN(C2CC2)C1. The molecule has 3 heteroatoms. The molecule has 0 spiro atoms. The third-order valence-electron chi connectivity index (χ3n) is 5.28. The molecule has 98 valence electrons. The minimum Gasteiger partial charge on any atom is -0.329 e. The molecule has 1 atom stereocenters. The van der Waals surface area contributed by atoms with E-state index in [-0.39, 0.29) is 5.54 Å². The fourth-order valence-corrected chi connectivity index (χ4v) is 4.12. The summed E-state index contributed by atoms with van der Waals surface area (Å²) in [6.45, 7) is 9.38. The zero-order valence-electron chi connectivity index (χ0n) is 11.4. The van der Waals surface area contributed by atoms with E-state index >= 15 is 0 Å². The van der Waals surface area contributed by atoms with Gasteiger partial charge in [0.05, 0.1) is 0 Å². The van der Waals surface area contributed by atoms with Gasteiger partial charge in [-0.1, -0.05) is 0 Å². The topological polar surface area (TPSA) is 32.5 Å². The highest BCUT2D eigenvalue weighted by Crippen LogP contribution is 2.42. The molecule has 1 unspecified atom stereocenters. The van der Waals surface area contributed by atoms with E-state index in [0.717, 1.165) is 12.6 Å². The Hall–Kier alpha value is -0.120. The van der Waals surface area contributed by atoms with Crippen molar-refractivity contribution in [2.75, 3.05) is 26.2 Å². The lowest BCUT2D eigenvalue weighted by Crippen LogP contribution is -2.60. The van der Waals surface area contributed by atoms with E-state index in [1.54, 1.807) is 0 Å². The maximum Gasteiger partial charge on any atom is 0.0475 e. The molecule has 2 N–H and O–H groups in total. The molecule has 0 amide bonds.